The van der Waals surface area contributed by atoms with Crippen molar-refractivity contribution in [2.75, 3.05) is 62.2 Å². The number of hydrogen-bond donors (Lipinski definition) is 0. The lowest BCUT2D eigenvalue weighted by Gasteiger charge is -2.38. The van der Waals surface area contributed by atoms with E-state index in [2.05, 4.69) is 50.8 Å². The lowest BCUT2D eigenvalue weighted by molar-refractivity contribution is -0.132. The maximum Gasteiger partial charge on any atom is 0.265 e. The van der Waals surface area contributed by atoms with E-state index in [0.717, 1.165) is 6.42 Å². The SMILES string of the molecule is Cc1ccc(C)c(N2CCN(C(=O)CN3C(=O)COc4ccc(S(=O)(=O)N5C[C@H](C)C[C@@H](C)C5)cc43)CC2)c1. The topological polar surface area (TPSA) is 90.5 Å². The Morgan fingerprint density at radius 3 is 2.33 bits per heavy atom. The Bertz CT molecular complexity index is 1360. The predicted octanol–water partition coefficient (Wildman–Crippen LogP) is 3.04. The average molecular weight is 555 g/mol. The molecule has 2 amide bonds. The molecule has 2 aromatic carbocycles. The molecule has 2 saturated heterocycles. The van der Waals surface area contributed by atoms with E-state index in [4.69, 9.17) is 4.74 Å². The first-order valence-corrected chi connectivity index (χ1v) is 15.1. The van der Waals surface area contributed by atoms with Crippen LogP contribution in [0.3, 0.4) is 0 Å². The molecule has 0 saturated carbocycles. The van der Waals surface area contributed by atoms with E-state index in [-0.39, 0.29) is 41.7 Å². The number of sulfonamides is 1. The molecular formula is C29H38N4O5S. The van der Waals surface area contributed by atoms with E-state index >= 15 is 0 Å². The van der Waals surface area contributed by atoms with E-state index in [1.165, 1.54) is 38.2 Å². The molecule has 3 heterocycles. The number of carbonyl (C=O) groups excluding carboxylic acids is 2. The highest BCUT2D eigenvalue weighted by Crippen LogP contribution is 2.36. The number of piperazine rings is 1. The molecule has 3 aliphatic rings. The number of piperidine rings is 1. The van der Waals surface area contributed by atoms with Gasteiger partial charge in [-0.2, -0.15) is 4.31 Å². The first-order chi connectivity index (χ1) is 18.5. The summed E-state index contributed by atoms with van der Waals surface area (Å²) in [5.74, 6) is 0.427. The zero-order chi connectivity index (χ0) is 27.9. The van der Waals surface area contributed by atoms with Gasteiger partial charge in [-0.3, -0.25) is 14.5 Å². The minimum absolute atomic E-state index is 0.112. The summed E-state index contributed by atoms with van der Waals surface area (Å²) in [7, 11) is -3.75. The third kappa shape index (κ3) is 5.63. The van der Waals surface area contributed by atoms with Gasteiger partial charge in [-0.1, -0.05) is 26.0 Å². The van der Waals surface area contributed by atoms with Crippen molar-refractivity contribution in [3.8, 4) is 5.75 Å². The fraction of sp³-hybridized carbons (Fsp3) is 0.517. The predicted molar refractivity (Wildman–Crippen MR) is 151 cm³/mol. The fourth-order valence-electron chi connectivity index (χ4n) is 5.96. The van der Waals surface area contributed by atoms with Crippen molar-refractivity contribution in [3.63, 3.8) is 0 Å². The van der Waals surface area contributed by atoms with Gasteiger partial charge in [0.25, 0.3) is 5.91 Å². The Kier molecular flexibility index (Phi) is 7.61. The molecule has 2 fully saturated rings. The van der Waals surface area contributed by atoms with Crippen LogP contribution in [0.25, 0.3) is 0 Å². The molecule has 3 aliphatic heterocycles. The van der Waals surface area contributed by atoms with Gasteiger partial charge in [0, 0.05) is 45.0 Å². The Morgan fingerprint density at radius 2 is 1.64 bits per heavy atom. The summed E-state index contributed by atoms with van der Waals surface area (Å²) in [6, 6.07) is 11.0. The zero-order valence-electron chi connectivity index (χ0n) is 23.2. The van der Waals surface area contributed by atoms with Crippen LogP contribution in [0.5, 0.6) is 5.75 Å². The zero-order valence-corrected chi connectivity index (χ0v) is 24.0. The monoisotopic (exact) mass is 554 g/mol. The van der Waals surface area contributed by atoms with Crippen molar-refractivity contribution in [1.82, 2.24) is 9.21 Å². The molecule has 0 N–H and O–H groups in total. The lowest BCUT2D eigenvalue weighted by atomic mass is 9.94. The van der Waals surface area contributed by atoms with Crippen LogP contribution >= 0.6 is 0 Å². The Labute approximate surface area is 231 Å². The molecule has 39 heavy (non-hydrogen) atoms. The van der Waals surface area contributed by atoms with Gasteiger partial charge in [-0.25, -0.2) is 8.42 Å². The van der Waals surface area contributed by atoms with E-state index < -0.39 is 10.0 Å². The second-order valence-corrected chi connectivity index (χ2v) is 13.3. The number of amides is 2. The number of aryl methyl sites for hydroxylation is 2. The molecule has 0 aliphatic carbocycles. The van der Waals surface area contributed by atoms with Gasteiger partial charge in [0.1, 0.15) is 12.3 Å². The van der Waals surface area contributed by atoms with Crippen LogP contribution in [0.15, 0.2) is 41.3 Å². The Balaban J connectivity index is 1.31. The minimum Gasteiger partial charge on any atom is -0.482 e. The second kappa shape index (κ2) is 10.8. The highest BCUT2D eigenvalue weighted by Gasteiger charge is 2.35. The van der Waals surface area contributed by atoms with Crippen LogP contribution in [0.4, 0.5) is 11.4 Å². The normalized spacial score (nSPS) is 22.5. The number of hydrogen-bond acceptors (Lipinski definition) is 6. The Hall–Kier alpha value is -3.11. The molecule has 5 rings (SSSR count). The van der Waals surface area contributed by atoms with E-state index in [1.54, 1.807) is 11.0 Å². The maximum atomic E-state index is 13.5. The largest absolute Gasteiger partial charge is 0.482 e. The van der Waals surface area contributed by atoms with Gasteiger partial charge in [0.15, 0.2) is 6.61 Å². The Morgan fingerprint density at radius 1 is 0.949 bits per heavy atom. The molecule has 2 aromatic rings. The summed E-state index contributed by atoms with van der Waals surface area (Å²) in [4.78, 5) is 31.8. The summed E-state index contributed by atoms with van der Waals surface area (Å²) < 4.78 is 34.2. The van der Waals surface area contributed by atoms with Crippen LogP contribution in [0.2, 0.25) is 0 Å². The average Bonchev–Trinajstić information content (AvgIpc) is 2.91. The first-order valence-electron chi connectivity index (χ1n) is 13.7. The van der Waals surface area contributed by atoms with Crippen molar-refractivity contribution >= 4 is 33.2 Å². The number of nitrogens with zero attached hydrogens (tertiary/aromatic N) is 4. The highest BCUT2D eigenvalue weighted by molar-refractivity contribution is 7.89. The number of benzene rings is 2. The van der Waals surface area contributed by atoms with Gasteiger partial charge in [-0.05, 0) is 67.5 Å². The van der Waals surface area contributed by atoms with Gasteiger partial charge < -0.3 is 14.5 Å². The first kappa shape index (κ1) is 27.5. The minimum atomic E-state index is -3.75. The summed E-state index contributed by atoms with van der Waals surface area (Å²) in [6.45, 7) is 11.4. The molecule has 0 unspecified atom stereocenters. The van der Waals surface area contributed by atoms with Crippen molar-refractivity contribution in [1.29, 1.82) is 0 Å². The smallest absolute Gasteiger partial charge is 0.265 e. The number of rotatable bonds is 5. The van der Waals surface area contributed by atoms with E-state index in [0.29, 0.717) is 50.7 Å². The summed E-state index contributed by atoms with van der Waals surface area (Å²) in [5.41, 5.74) is 3.91. The maximum absolute atomic E-state index is 13.5. The quantitative estimate of drug-likeness (QED) is 0.565. The lowest BCUT2D eigenvalue weighted by Crippen LogP contribution is -2.53. The van der Waals surface area contributed by atoms with Crippen LogP contribution in [-0.2, 0) is 19.6 Å². The molecule has 0 spiro atoms. The molecule has 9 nitrogen and oxygen atoms in total. The van der Waals surface area contributed by atoms with Crippen molar-refractivity contribution in [2.45, 2.75) is 39.0 Å². The van der Waals surface area contributed by atoms with Crippen molar-refractivity contribution in [2.24, 2.45) is 11.8 Å². The standard InChI is InChI=1S/C29H38N4O5S/c1-20-5-6-23(4)25(14-20)30-9-11-31(12-10-30)28(34)18-33-26-15-24(7-8-27(26)38-19-29(33)35)39(36,37)32-16-21(2)13-22(3)17-32/h5-8,14-15,21-22H,9-13,16-19H2,1-4H3/t21-,22-/m1/s1. The van der Waals surface area contributed by atoms with Crippen molar-refractivity contribution < 1.29 is 22.7 Å². The molecule has 10 heteroatoms. The van der Waals surface area contributed by atoms with Crippen LogP contribution < -0.4 is 14.5 Å². The third-order valence-corrected chi connectivity index (χ3v) is 9.81. The number of ether oxygens (including phenoxy) is 1. The van der Waals surface area contributed by atoms with Gasteiger partial charge in [0.2, 0.25) is 15.9 Å². The fourth-order valence-corrected chi connectivity index (χ4v) is 7.66. The summed E-state index contributed by atoms with van der Waals surface area (Å²) >= 11 is 0. The number of fused-ring (bicyclic) bond motifs is 1. The third-order valence-electron chi connectivity index (χ3n) is 7.98. The highest BCUT2D eigenvalue weighted by atomic mass is 32.2. The molecule has 210 valence electrons. The molecule has 0 bridgehead atoms. The van der Waals surface area contributed by atoms with Crippen LogP contribution in [0.1, 0.15) is 31.4 Å². The van der Waals surface area contributed by atoms with E-state index in [1.807, 2.05) is 0 Å². The molecule has 2 atom stereocenters. The van der Waals surface area contributed by atoms with Crippen molar-refractivity contribution in [3.05, 3.63) is 47.5 Å². The van der Waals surface area contributed by atoms with Gasteiger partial charge >= 0.3 is 0 Å². The molecule has 0 radical (unpaired) electrons. The van der Waals surface area contributed by atoms with Gasteiger partial charge in [0.05, 0.1) is 10.6 Å². The van der Waals surface area contributed by atoms with E-state index in [9.17, 15) is 18.0 Å². The van der Waals surface area contributed by atoms with Crippen LogP contribution in [0, 0.1) is 25.7 Å². The summed E-state index contributed by atoms with van der Waals surface area (Å²) in [6.07, 6.45) is 0.993. The number of anilines is 2. The molecule has 0 aromatic heterocycles. The second-order valence-electron chi connectivity index (χ2n) is 11.3. The van der Waals surface area contributed by atoms with Crippen LogP contribution in [-0.4, -0.2) is 81.9 Å². The number of carbonyl (C=O) groups is 2. The van der Waals surface area contributed by atoms with Gasteiger partial charge in [-0.15, -0.1) is 0 Å². The summed E-state index contributed by atoms with van der Waals surface area (Å²) in [5, 5.41) is 0. The molecular weight excluding hydrogens is 516 g/mol.